The second-order valence-electron chi connectivity index (χ2n) is 3.85. The highest BCUT2D eigenvalue weighted by atomic mass is 32.1. The second kappa shape index (κ2) is 5.84. The molecule has 100 valence electrons. The van der Waals surface area contributed by atoms with Crippen molar-refractivity contribution < 1.29 is 14.3 Å². The zero-order valence-corrected chi connectivity index (χ0v) is 11.9. The van der Waals surface area contributed by atoms with Crippen molar-refractivity contribution >= 4 is 17.3 Å². The van der Waals surface area contributed by atoms with Crippen molar-refractivity contribution in [3.8, 4) is 16.3 Å². The highest BCUT2D eigenvalue weighted by Crippen LogP contribution is 2.34. The molecule has 1 aromatic carbocycles. The Morgan fingerprint density at radius 3 is 2.79 bits per heavy atom. The zero-order chi connectivity index (χ0) is 13.8. The number of methoxy groups -OCH3 is 1. The maximum atomic E-state index is 11.6. The standard InChI is InChI=1S/C14H15NO3S/c1-4-18-11-8-6-5-7-10(11)13-15-9(2)12(19-13)14(16)17-3/h5-8H,4H2,1-3H3. The molecule has 0 radical (unpaired) electrons. The molecule has 0 aliphatic rings. The fourth-order valence-corrected chi connectivity index (χ4v) is 2.73. The number of carbonyl (C=O) groups is 1. The first kappa shape index (κ1) is 13.5. The van der Waals surface area contributed by atoms with Crippen LogP contribution in [0.5, 0.6) is 5.75 Å². The first-order chi connectivity index (χ1) is 9.17. The van der Waals surface area contributed by atoms with Gasteiger partial charge in [-0.2, -0.15) is 0 Å². The predicted octanol–water partition coefficient (Wildman–Crippen LogP) is 3.30. The molecule has 0 spiro atoms. The van der Waals surface area contributed by atoms with Crippen LogP contribution in [0.2, 0.25) is 0 Å². The monoisotopic (exact) mass is 277 g/mol. The number of aromatic nitrogens is 1. The molecular weight excluding hydrogens is 262 g/mol. The van der Waals surface area contributed by atoms with Gasteiger partial charge in [0.2, 0.25) is 0 Å². The maximum Gasteiger partial charge on any atom is 0.349 e. The summed E-state index contributed by atoms with van der Waals surface area (Å²) >= 11 is 1.32. The van der Waals surface area contributed by atoms with Crippen molar-refractivity contribution in [2.45, 2.75) is 13.8 Å². The summed E-state index contributed by atoms with van der Waals surface area (Å²) in [6.45, 7) is 4.32. The number of hydrogen-bond acceptors (Lipinski definition) is 5. The number of thiazole rings is 1. The van der Waals surface area contributed by atoms with E-state index in [2.05, 4.69) is 4.98 Å². The van der Waals surface area contributed by atoms with Crippen LogP contribution in [0.25, 0.3) is 10.6 Å². The molecule has 1 aromatic heterocycles. The quantitative estimate of drug-likeness (QED) is 0.804. The van der Waals surface area contributed by atoms with E-state index in [0.29, 0.717) is 17.2 Å². The number of ether oxygens (including phenoxy) is 2. The predicted molar refractivity (Wildman–Crippen MR) is 74.8 cm³/mol. The molecule has 0 atom stereocenters. The fraction of sp³-hybridized carbons (Fsp3) is 0.286. The van der Waals surface area contributed by atoms with Gasteiger partial charge in [0.1, 0.15) is 15.6 Å². The number of carbonyl (C=O) groups excluding carboxylic acids is 1. The van der Waals surface area contributed by atoms with Gasteiger partial charge >= 0.3 is 5.97 Å². The third-order valence-electron chi connectivity index (χ3n) is 2.58. The lowest BCUT2D eigenvalue weighted by molar-refractivity contribution is 0.0605. The van der Waals surface area contributed by atoms with E-state index in [1.807, 2.05) is 31.2 Å². The summed E-state index contributed by atoms with van der Waals surface area (Å²) in [5, 5.41) is 0.766. The van der Waals surface area contributed by atoms with Gasteiger partial charge in [-0.3, -0.25) is 0 Å². The van der Waals surface area contributed by atoms with Crippen molar-refractivity contribution in [3.63, 3.8) is 0 Å². The van der Waals surface area contributed by atoms with Crippen LogP contribution >= 0.6 is 11.3 Å². The number of benzene rings is 1. The molecule has 0 fully saturated rings. The van der Waals surface area contributed by atoms with Gasteiger partial charge in [0.15, 0.2) is 0 Å². The summed E-state index contributed by atoms with van der Waals surface area (Å²) in [5.74, 6) is 0.422. The summed E-state index contributed by atoms with van der Waals surface area (Å²) in [5.41, 5.74) is 1.57. The largest absolute Gasteiger partial charge is 0.493 e. The SMILES string of the molecule is CCOc1ccccc1-c1nc(C)c(C(=O)OC)s1. The Morgan fingerprint density at radius 1 is 1.37 bits per heavy atom. The molecule has 0 unspecified atom stereocenters. The van der Waals surface area contributed by atoms with E-state index in [0.717, 1.165) is 16.3 Å². The van der Waals surface area contributed by atoms with Crippen LogP contribution in [0.1, 0.15) is 22.3 Å². The lowest BCUT2D eigenvalue weighted by atomic mass is 10.2. The van der Waals surface area contributed by atoms with E-state index in [4.69, 9.17) is 9.47 Å². The van der Waals surface area contributed by atoms with E-state index in [1.54, 1.807) is 6.92 Å². The average molecular weight is 277 g/mol. The van der Waals surface area contributed by atoms with Crippen molar-refractivity contribution in [1.82, 2.24) is 4.98 Å². The molecule has 2 rings (SSSR count). The summed E-state index contributed by atoms with van der Waals surface area (Å²) in [7, 11) is 1.37. The first-order valence-electron chi connectivity index (χ1n) is 5.95. The minimum absolute atomic E-state index is 0.352. The van der Waals surface area contributed by atoms with E-state index < -0.39 is 0 Å². The molecule has 5 heteroatoms. The smallest absolute Gasteiger partial charge is 0.349 e. The Labute approximate surface area is 116 Å². The summed E-state index contributed by atoms with van der Waals surface area (Å²) in [6, 6.07) is 7.67. The van der Waals surface area contributed by atoms with Gasteiger partial charge in [0, 0.05) is 0 Å². The van der Waals surface area contributed by atoms with Crippen LogP contribution < -0.4 is 4.74 Å². The molecule has 0 aliphatic heterocycles. The molecule has 19 heavy (non-hydrogen) atoms. The number of esters is 1. The van der Waals surface area contributed by atoms with Gasteiger partial charge in [-0.05, 0) is 26.0 Å². The first-order valence-corrected chi connectivity index (χ1v) is 6.77. The Balaban J connectivity index is 2.45. The van der Waals surface area contributed by atoms with Crippen LogP contribution in [0, 0.1) is 6.92 Å². The number of aryl methyl sites for hydroxylation is 1. The van der Waals surface area contributed by atoms with Crippen LogP contribution in [0.3, 0.4) is 0 Å². The van der Waals surface area contributed by atoms with Gasteiger partial charge in [-0.25, -0.2) is 9.78 Å². The van der Waals surface area contributed by atoms with Crippen LogP contribution in [-0.4, -0.2) is 24.7 Å². The third kappa shape index (κ3) is 2.76. The van der Waals surface area contributed by atoms with E-state index in [1.165, 1.54) is 18.4 Å². The Morgan fingerprint density at radius 2 is 2.11 bits per heavy atom. The van der Waals surface area contributed by atoms with Crippen molar-refractivity contribution in [2.75, 3.05) is 13.7 Å². The molecule has 4 nitrogen and oxygen atoms in total. The van der Waals surface area contributed by atoms with Crippen molar-refractivity contribution in [1.29, 1.82) is 0 Å². The Bertz CT molecular complexity index is 592. The number of rotatable bonds is 4. The molecule has 0 amide bonds. The third-order valence-corrected chi connectivity index (χ3v) is 3.76. The lowest BCUT2D eigenvalue weighted by Crippen LogP contribution is -1.99. The fourth-order valence-electron chi connectivity index (χ4n) is 1.72. The molecule has 0 aliphatic carbocycles. The topological polar surface area (TPSA) is 48.4 Å². The summed E-state index contributed by atoms with van der Waals surface area (Å²) < 4.78 is 10.3. The average Bonchev–Trinajstić information content (AvgIpc) is 2.81. The minimum atomic E-state index is -0.352. The highest BCUT2D eigenvalue weighted by molar-refractivity contribution is 7.17. The Hall–Kier alpha value is -1.88. The van der Waals surface area contributed by atoms with Crippen LogP contribution in [0.4, 0.5) is 0 Å². The van der Waals surface area contributed by atoms with E-state index >= 15 is 0 Å². The van der Waals surface area contributed by atoms with Crippen molar-refractivity contribution in [2.24, 2.45) is 0 Å². The van der Waals surface area contributed by atoms with Crippen LogP contribution in [0.15, 0.2) is 24.3 Å². The summed E-state index contributed by atoms with van der Waals surface area (Å²) in [6.07, 6.45) is 0. The van der Waals surface area contributed by atoms with Gasteiger partial charge in [0.05, 0.1) is 25.0 Å². The van der Waals surface area contributed by atoms with E-state index in [-0.39, 0.29) is 5.97 Å². The lowest BCUT2D eigenvalue weighted by Gasteiger charge is -2.07. The van der Waals surface area contributed by atoms with Gasteiger partial charge in [-0.1, -0.05) is 12.1 Å². The molecule has 0 saturated heterocycles. The van der Waals surface area contributed by atoms with Gasteiger partial charge in [0.25, 0.3) is 0 Å². The second-order valence-corrected chi connectivity index (χ2v) is 4.85. The highest BCUT2D eigenvalue weighted by Gasteiger charge is 2.18. The van der Waals surface area contributed by atoms with Gasteiger partial charge in [-0.15, -0.1) is 11.3 Å². The Kier molecular flexibility index (Phi) is 4.16. The molecule has 1 heterocycles. The van der Waals surface area contributed by atoms with Crippen LogP contribution in [-0.2, 0) is 4.74 Å². The minimum Gasteiger partial charge on any atom is -0.493 e. The number of hydrogen-bond donors (Lipinski definition) is 0. The molecule has 0 N–H and O–H groups in total. The zero-order valence-electron chi connectivity index (χ0n) is 11.1. The molecule has 0 bridgehead atoms. The van der Waals surface area contributed by atoms with E-state index in [9.17, 15) is 4.79 Å². The van der Waals surface area contributed by atoms with Crippen molar-refractivity contribution in [3.05, 3.63) is 34.8 Å². The summed E-state index contributed by atoms with van der Waals surface area (Å²) in [4.78, 5) is 16.6. The number of nitrogens with zero attached hydrogens (tertiary/aromatic N) is 1. The normalized spacial score (nSPS) is 10.3. The maximum absolute atomic E-state index is 11.6. The molecular formula is C14H15NO3S. The molecule has 2 aromatic rings. The number of para-hydroxylation sites is 1. The molecule has 0 saturated carbocycles. The van der Waals surface area contributed by atoms with Gasteiger partial charge < -0.3 is 9.47 Å².